The highest BCUT2D eigenvalue weighted by Crippen LogP contribution is 2.60. The predicted octanol–water partition coefficient (Wildman–Crippen LogP) is 4.73. The Morgan fingerprint density at radius 3 is 2.71 bits per heavy atom. The van der Waals surface area contributed by atoms with Gasteiger partial charge in [-0.1, -0.05) is 30.7 Å². The molecule has 242 valence electrons. The molecule has 2 aromatic carbocycles. The number of aliphatic hydroxyl groups is 1. The van der Waals surface area contributed by atoms with E-state index >= 15 is 4.11 Å². The average molecular weight is 657 g/mol. The molecule has 0 unspecified atom stereocenters. The lowest BCUT2D eigenvalue weighted by molar-refractivity contribution is -0.150. The van der Waals surface area contributed by atoms with E-state index in [0.717, 1.165) is 37.8 Å². The fourth-order valence-corrected chi connectivity index (χ4v) is 10.8. The monoisotopic (exact) mass is 656 g/mol. The van der Waals surface area contributed by atoms with E-state index in [0.29, 0.717) is 28.5 Å². The van der Waals surface area contributed by atoms with Gasteiger partial charge < -0.3 is 34.4 Å². The fourth-order valence-electron chi connectivity index (χ4n) is 8.09. The first-order chi connectivity index (χ1) is 21.4. The van der Waals surface area contributed by atoms with Gasteiger partial charge in [-0.05, 0) is 81.2 Å². The van der Waals surface area contributed by atoms with Gasteiger partial charge in [0.2, 0.25) is 20.2 Å². The summed E-state index contributed by atoms with van der Waals surface area (Å²) in [6.07, 6.45) is 2.41. The summed E-state index contributed by atoms with van der Waals surface area (Å²) in [5.41, 5.74) is 0.517. The average Bonchev–Trinajstić information content (AvgIpc) is 3.78. The van der Waals surface area contributed by atoms with E-state index in [-0.39, 0.29) is 49.4 Å². The number of halogens is 2. The van der Waals surface area contributed by atoms with E-state index in [1.807, 2.05) is 31.2 Å². The first-order valence-electron chi connectivity index (χ1n) is 16.0. The number of rotatable bonds is 8. The van der Waals surface area contributed by atoms with Gasteiger partial charge in [-0.2, -0.15) is 0 Å². The normalized spacial score (nSPS) is 29.6. The molecule has 4 aliphatic heterocycles. The van der Waals surface area contributed by atoms with Gasteiger partial charge in [0.25, 0.3) is 5.91 Å². The minimum atomic E-state index is -3.46. The Hall–Kier alpha value is -2.83. The molecule has 0 radical (unpaired) electrons. The van der Waals surface area contributed by atoms with Crippen LogP contribution in [-0.4, -0.2) is 74.0 Å². The maximum Gasteiger partial charge on any atom is 0.264 e. The first-order valence-corrected chi connectivity index (χ1v) is 19.3. The van der Waals surface area contributed by atoms with Crippen LogP contribution in [0.2, 0.25) is 23.7 Å². The zero-order valence-corrected chi connectivity index (χ0v) is 27.8. The van der Waals surface area contributed by atoms with Crippen LogP contribution in [0.15, 0.2) is 42.5 Å². The Kier molecular flexibility index (Phi) is 8.86. The van der Waals surface area contributed by atoms with Gasteiger partial charge in [0.15, 0.2) is 5.60 Å². The van der Waals surface area contributed by atoms with Gasteiger partial charge in [-0.25, -0.2) is 0 Å². The maximum absolute atomic E-state index is 16.2. The molecule has 3 amide bonds. The minimum Gasteiger partial charge on any atom is -0.394 e. The molecule has 2 aromatic rings. The Bertz CT molecular complexity index is 1480. The van der Waals surface area contributed by atoms with Crippen molar-refractivity contribution < 1.29 is 28.3 Å². The van der Waals surface area contributed by atoms with Crippen molar-refractivity contribution in [3.05, 3.63) is 58.6 Å². The molecule has 0 saturated carbocycles. The zero-order valence-electron chi connectivity index (χ0n) is 26.0. The summed E-state index contributed by atoms with van der Waals surface area (Å²) in [5, 5.41) is 16.4. The molecule has 0 aliphatic carbocycles. The van der Waals surface area contributed by atoms with Crippen LogP contribution in [0, 0.1) is 5.92 Å². The second-order valence-electron chi connectivity index (χ2n) is 13.4. The van der Waals surface area contributed by atoms with Crippen LogP contribution in [0.25, 0.3) is 0 Å². The van der Waals surface area contributed by atoms with Gasteiger partial charge >= 0.3 is 0 Å². The number of hydrogen-bond acceptors (Lipinski definition) is 6. The molecule has 12 heteroatoms. The lowest BCUT2D eigenvalue weighted by Gasteiger charge is -2.31. The van der Waals surface area contributed by atoms with Gasteiger partial charge in [0, 0.05) is 34.3 Å². The van der Waals surface area contributed by atoms with E-state index in [4.69, 9.17) is 16.3 Å². The molecule has 4 aliphatic rings. The molecule has 3 N–H and O–H groups in total. The second kappa shape index (κ2) is 12.4. The molecule has 9 nitrogen and oxygen atoms in total. The summed E-state index contributed by atoms with van der Waals surface area (Å²) in [6.45, 7) is 6.52. The van der Waals surface area contributed by atoms with E-state index in [1.54, 1.807) is 41.1 Å². The molecule has 3 saturated heterocycles. The number of nitrogens with zero attached hydrogens (tertiary/aromatic N) is 2. The fraction of sp³-hybridized carbons (Fsp3) is 0.545. The summed E-state index contributed by atoms with van der Waals surface area (Å²) in [7, 11) is -3.46. The highest BCUT2D eigenvalue weighted by atomic mass is 35.5. The molecule has 4 heterocycles. The minimum absolute atomic E-state index is 0.0611. The van der Waals surface area contributed by atoms with E-state index < -0.39 is 31.6 Å². The summed E-state index contributed by atoms with van der Waals surface area (Å²) in [4.78, 5) is 44.2. The Morgan fingerprint density at radius 1 is 1.20 bits per heavy atom. The SMILES string of the molecule is C[C@H]1[C@H]([Si](C)(C)F)[C@@H](CC(=O)N2CCC[C@H]2CO)O[C@]12C(=O)N(Cc1cccc(NC(=O)[C@H]3CCCN3)c1)c1ccc(Cl)cc12. The zero-order chi connectivity index (χ0) is 32.1. The van der Waals surface area contributed by atoms with Crippen molar-refractivity contribution in [3.63, 3.8) is 0 Å². The van der Waals surface area contributed by atoms with Crippen molar-refractivity contribution in [1.29, 1.82) is 0 Å². The number of benzene rings is 2. The molecule has 0 bridgehead atoms. The summed E-state index contributed by atoms with van der Waals surface area (Å²) in [6, 6.07) is 12.2. The van der Waals surface area contributed by atoms with Crippen molar-refractivity contribution in [1.82, 2.24) is 10.2 Å². The largest absolute Gasteiger partial charge is 0.394 e. The van der Waals surface area contributed by atoms with Crippen molar-refractivity contribution >= 4 is 49.1 Å². The van der Waals surface area contributed by atoms with Gasteiger partial charge in [0.1, 0.15) is 0 Å². The highest BCUT2D eigenvalue weighted by Gasteiger charge is 2.67. The molecule has 0 aromatic heterocycles. The van der Waals surface area contributed by atoms with Crippen LogP contribution in [0.4, 0.5) is 15.5 Å². The number of fused-ring (bicyclic) bond motifs is 2. The number of nitrogens with one attached hydrogen (secondary N) is 2. The number of hydrogen-bond donors (Lipinski definition) is 3. The molecular formula is C33H42ClFN4O5Si. The van der Waals surface area contributed by atoms with Crippen LogP contribution >= 0.6 is 11.6 Å². The van der Waals surface area contributed by atoms with Crippen LogP contribution in [-0.2, 0) is 31.3 Å². The number of aliphatic hydroxyl groups excluding tert-OH is 1. The molecular weight excluding hydrogens is 615 g/mol. The standard InChI is InChI=1S/C33H42ClFN4O5Si/c1-20-30(45(2,3)35)28(17-29(41)38-14-6-9-24(38)19-40)44-33(20)25-16-22(34)11-12-27(25)39(32(33)43)18-21-7-4-8-23(15-21)37-31(42)26-10-5-13-36-26/h4,7-8,11-12,15-16,20,24,26,28,30,36,40H,5-6,9-10,13-14,17-19H2,1-3H3,(H,37,42)/t20-,24-,26+,28+,30-,33+/m0/s1. The summed E-state index contributed by atoms with van der Waals surface area (Å²) >= 11 is 6.50. The van der Waals surface area contributed by atoms with Crippen molar-refractivity contribution in [2.75, 3.05) is 29.9 Å². The van der Waals surface area contributed by atoms with Crippen LogP contribution in [0.3, 0.4) is 0 Å². The summed E-state index contributed by atoms with van der Waals surface area (Å²) in [5.74, 6) is -1.15. The van der Waals surface area contributed by atoms with Gasteiger partial charge in [-0.3, -0.25) is 14.4 Å². The molecule has 45 heavy (non-hydrogen) atoms. The van der Waals surface area contributed by atoms with E-state index in [1.165, 1.54) is 0 Å². The first kappa shape index (κ1) is 32.1. The predicted molar refractivity (Wildman–Crippen MR) is 173 cm³/mol. The molecule has 6 rings (SSSR count). The number of amides is 3. The van der Waals surface area contributed by atoms with Crippen molar-refractivity contribution in [3.8, 4) is 0 Å². The molecule has 3 fully saturated rings. The highest BCUT2D eigenvalue weighted by molar-refractivity contribution is 6.72. The third kappa shape index (κ3) is 5.82. The van der Waals surface area contributed by atoms with Crippen molar-refractivity contribution in [2.45, 2.75) is 88.0 Å². The smallest absolute Gasteiger partial charge is 0.264 e. The van der Waals surface area contributed by atoms with E-state index in [9.17, 15) is 19.5 Å². The van der Waals surface area contributed by atoms with Crippen molar-refractivity contribution in [2.24, 2.45) is 5.92 Å². The van der Waals surface area contributed by atoms with Crippen LogP contribution in [0.5, 0.6) is 0 Å². The van der Waals surface area contributed by atoms with Gasteiger partial charge in [-0.15, -0.1) is 0 Å². The lowest BCUT2D eigenvalue weighted by Crippen LogP contribution is -2.45. The van der Waals surface area contributed by atoms with Crippen LogP contribution < -0.4 is 15.5 Å². The Balaban J connectivity index is 1.31. The maximum atomic E-state index is 16.2. The van der Waals surface area contributed by atoms with E-state index in [2.05, 4.69) is 10.6 Å². The Labute approximate surface area is 269 Å². The third-order valence-electron chi connectivity index (χ3n) is 10.1. The quantitative estimate of drug-likeness (QED) is 0.280. The second-order valence-corrected chi connectivity index (χ2v) is 17.7. The Morgan fingerprint density at radius 2 is 2.00 bits per heavy atom. The molecule has 6 atom stereocenters. The van der Waals surface area contributed by atoms with Gasteiger partial charge in [0.05, 0.1) is 43.4 Å². The van der Waals surface area contributed by atoms with Crippen LogP contribution in [0.1, 0.15) is 50.2 Å². The number of anilines is 2. The summed E-state index contributed by atoms with van der Waals surface area (Å²) < 4.78 is 22.9. The number of carbonyl (C=O) groups excluding carboxylic acids is 3. The molecule has 1 spiro atoms. The number of ether oxygens (including phenoxy) is 1. The number of likely N-dealkylation sites (tertiary alicyclic amines) is 1. The lowest BCUT2D eigenvalue weighted by atomic mass is 9.82. The third-order valence-corrected chi connectivity index (χ3v) is 12.8. The topological polar surface area (TPSA) is 111 Å². The number of carbonyl (C=O) groups is 3.